The van der Waals surface area contributed by atoms with E-state index >= 15 is 0 Å². The molecule has 0 heterocycles. The van der Waals surface area contributed by atoms with Crippen LogP contribution < -0.4 is 11.1 Å². The van der Waals surface area contributed by atoms with Gasteiger partial charge in [0.15, 0.2) is 0 Å². The predicted molar refractivity (Wildman–Crippen MR) is 81.7 cm³/mol. The maximum absolute atomic E-state index is 11.4. The number of nitrogens with one attached hydrogen (secondary N) is 1. The molecule has 0 aromatic rings. The molecule has 5 heteroatoms. The van der Waals surface area contributed by atoms with Gasteiger partial charge in [0, 0.05) is 13.2 Å². The Bertz CT molecular complexity index is 249. The normalized spacial score (nSPS) is 14.2. The van der Waals surface area contributed by atoms with Crippen LogP contribution in [0.15, 0.2) is 0 Å². The number of carbonyl (C=O) groups excluding carboxylic acids is 1. The molecule has 0 aliphatic heterocycles. The van der Waals surface area contributed by atoms with Crippen LogP contribution >= 0.6 is 0 Å². The van der Waals surface area contributed by atoms with Crippen molar-refractivity contribution in [1.82, 2.24) is 5.32 Å². The van der Waals surface area contributed by atoms with Crippen LogP contribution in [0.5, 0.6) is 0 Å². The van der Waals surface area contributed by atoms with Crippen molar-refractivity contribution in [3.63, 3.8) is 0 Å². The lowest BCUT2D eigenvalue weighted by Gasteiger charge is -2.26. The highest BCUT2D eigenvalue weighted by molar-refractivity contribution is 5.84. The summed E-state index contributed by atoms with van der Waals surface area (Å²) >= 11 is 0. The first-order valence-corrected chi connectivity index (χ1v) is 7.77. The fraction of sp³-hybridized carbons (Fsp3) is 0.933. The molecule has 120 valence electrons. The number of carbonyl (C=O) groups is 1. The van der Waals surface area contributed by atoms with Gasteiger partial charge in [0.2, 0.25) is 5.91 Å². The minimum Gasteiger partial charge on any atom is -0.379 e. The van der Waals surface area contributed by atoms with E-state index in [0.717, 1.165) is 45.3 Å². The maximum atomic E-state index is 11.4. The molecular formula is C15H32N2O3. The average molecular weight is 288 g/mol. The molecule has 0 saturated carbocycles. The third-order valence-electron chi connectivity index (χ3n) is 3.34. The molecule has 0 fully saturated rings. The van der Waals surface area contributed by atoms with Gasteiger partial charge in [-0.15, -0.1) is 0 Å². The molecule has 0 radical (unpaired) electrons. The van der Waals surface area contributed by atoms with E-state index in [0.29, 0.717) is 19.8 Å². The third kappa shape index (κ3) is 9.28. The molecule has 0 aliphatic carbocycles. The van der Waals surface area contributed by atoms with Crippen LogP contribution in [-0.4, -0.2) is 44.4 Å². The lowest BCUT2D eigenvalue weighted by Crippen LogP contribution is -2.52. The maximum Gasteiger partial charge on any atom is 0.237 e. The third-order valence-corrected chi connectivity index (χ3v) is 3.34. The summed E-state index contributed by atoms with van der Waals surface area (Å²) in [5.41, 5.74) is 4.83. The van der Waals surface area contributed by atoms with E-state index in [4.69, 9.17) is 15.2 Å². The summed E-state index contributed by atoms with van der Waals surface area (Å²) in [5, 5.41) is 3.15. The summed E-state index contributed by atoms with van der Waals surface area (Å²) in [6.45, 7) is 9.56. The number of rotatable bonds is 14. The summed E-state index contributed by atoms with van der Waals surface area (Å²) in [6.07, 6.45) is 4.86. The van der Waals surface area contributed by atoms with Crippen LogP contribution in [0.1, 0.15) is 52.9 Å². The van der Waals surface area contributed by atoms with Gasteiger partial charge in [-0.3, -0.25) is 4.79 Å². The highest BCUT2D eigenvalue weighted by atomic mass is 16.5. The summed E-state index contributed by atoms with van der Waals surface area (Å²) in [7, 11) is 0. The van der Waals surface area contributed by atoms with Crippen LogP contribution in [0.25, 0.3) is 0 Å². The first-order valence-electron chi connectivity index (χ1n) is 7.77. The number of hydrogen-bond donors (Lipinski definition) is 2. The van der Waals surface area contributed by atoms with Crippen molar-refractivity contribution in [2.75, 3.05) is 33.0 Å². The number of unbranched alkanes of at least 4 members (excludes halogenated alkanes) is 2. The van der Waals surface area contributed by atoms with Gasteiger partial charge in [0.1, 0.15) is 0 Å². The summed E-state index contributed by atoms with van der Waals surface area (Å²) in [4.78, 5) is 11.4. The van der Waals surface area contributed by atoms with Gasteiger partial charge >= 0.3 is 0 Å². The zero-order chi connectivity index (χ0) is 15.3. The minimum absolute atomic E-state index is 0.287. The molecule has 1 atom stereocenters. The van der Waals surface area contributed by atoms with Crippen LogP contribution in [0, 0.1) is 0 Å². The number of hydrogen-bond acceptors (Lipinski definition) is 4. The van der Waals surface area contributed by atoms with Crippen LogP contribution in [0.4, 0.5) is 0 Å². The first kappa shape index (κ1) is 19.4. The fourth-order valence-electron chi connectivity index (χ4n) is 1.94. The predicted octanol–water partition coefficient (Wildman–Crippen LogP) is 1.84. The second-order valence-corrected chi connectivity index (χ2v) is 5.26. The Morgan fingerprint density at radius 2 is 1.65 bits per heavy atom. The Morgan fingerprint density at radius 3 is 2.15 bits per heavy atom. The van der Waals surface area contributed by atoms with E-state index in [-0.39, 0.29) is 5.91 Å². The molecule has 0 rings (SSSR count). The van der Waals surface area contributed by atoms with Gasteiger partial charge in [0.05, 0.1) is 18.8 Å². The SMILES string of the molecule is CCCCOCCOCCCCC(C)(NCC)C(N)=O. The van der Waals surface area contributed by atoms with Crippen molar-refractivity contribution in [1.29, 1.82) is 0 Å². The molecule has 0 bridgehead atoms. The van der Waals surface area contributed by atoms with Gasteiger partial charge in [-0.2, -0.15) is 0 Å². The van der Waals surface area contributed by atoms with Crippen molar-refractivity contribution in [3.8, 4) is 0 Å². The second-order valence-electron chi connectivity index (χ2n) is 5.26. The summed E-state index contributed by atoms with van der Waals surface area (Å²) < 4.78 is 10.9. The molecule has 3 N–H and O–H groups in total. The van der Waals surface area contributed by atoms with Crippen LogP contribution in [0.2, 0.25) is 0 Å². The van der Waals surface area contributed by atoms with Crippen molar-refractivity contribution in [2.24, 2.45) is 5.73 Å². The molecule has 5 nitrogen and oxygen atoms in total. The molecule has 0 spiro atoms. The smallest absolute Gasteiger partial charge is 0.237 e. The van der Waals surface area contributed by atoms with Gasteiger partial charge in [-0.25, -0.2) is 0 Å². The summed E-state index contributed by atoms with van der Waals surface area (Å²) in [6, 6.07) is 0. The van der Waals surface area contributed by atoms with Gasteiger partial charge in [0.25, 0.3) is 0 Å². The zero-order valence-electron chi connectivity index (χ0n) is 13.4. The number of amides is 1. The number of likely N-dealkylation sites (N-methyl/N-ethyl adjacent to an activating group) is 1. The highest BCUT2D eigenvalue weighted by Crippen LogP contribution is 2.13. The van der Waals surface area contributed by atoms with Crippen molar-refractivity contribution < 1.29 is 14.3 Å². The van der Waals surface area contributed by atoms with Gasteiger partial charge in [-0.1, -0.05) is 20.3 Å². The second kappa shape index (κ2) is 12.1. The van der Waals surface area contributed by atoms with E-state index in [1.165, 1.54) is 0 Å². The Labute approximate surface area is 123 Å². The van der Waals surface area contributed by atoms with Gasteiger partial charge in [-0.05, 0) is 39.2 Å². The molecule has 0 saturated heterocycles. The van der Waals surface area contributed by atoms with Gasteiger partial charge < -0.3 is 20.5 Å². The van der Waals surface area contributed by atoms with Crippen molar-refractivity contribution in [2.45, 2.75) is 58.4 Å². The minimum atomic E-state index is -0.599. The topological polar surface area (TPSA) is 73.6 Å². The number of nitrogens with two attached hydrogens (primary N) is 1. The Morgan fingerprint density at radius 1 is 1.05 bits per heavy atom. The lowest BCUT2D eigenvalue weighted by atomic mass is 9.94. The molecule has 1 amide bonds. The van der Waals surface area contributed by atoms with Crippen LogP contribution in [0.3, 0.4) is 0 Å². The van der Waals surface area contributed by atoms with Crippen LogP contribution in [-0.2, 0) is 14.3 Å². The first-order chi connectivity index (χ1) is 9.56. The van der Waals surface area contributed by atoms with Crippen molar-refractivity contribution >= 4 is 5.91 Å². The average Bonchev–Trinajstić information content (AvgIpc) is 2.41. The zero-order valence-corrected chi connectivity index (χ0v) is 13.4. The Balaban J connectivity index is 3.48. The molecule has 20 heavy (non-hydrogen) atoms. The van der Waals surface area contributed by atoms with E-state index < -0.39 is 5.54 Å². The molecule has 0 aliphatic rings. The molecular weight excluding hydrogens is 256 g/mol. The number of ether oxygens (including phenoxy) is 2. The largest absolute Gasteiger partial charge is 0.379 e. The van der Waals surface area contributed by atoms with Crippen molar-refractivity contribution in [3.05, 3.63) is 0 Å². The molecule has 0 aromatic heterocycles. The molecule has 0 aromatic carbocycles. The van der Waals surface area contributed by atoms with E-state index in [2.05, 4.69) is 12.2 Å². The summed E-state index contributed by atoms with van der Waals surface area (Å²) in [5.74, 6) is -0.287. The monoisotopic (exact) mass is 288 g/mol. The standard InChI is InChI=1S/C15H32N2O3/c1-4-6-10-19-12-13-20-11-8-7-9-15(3,14(16)18)17-5-2/h17H,4-13H2,1-3H3,(H2,16,18). The van der Waals surface area contributed by atoms with E-state index in [9.17, 15) is 4.79 Å². The Kier molecular flexibility index (Phi) is 11.7. The quantitative estimate of drug-likeness (QED) is 0.478. The fourth-order valence-corrected chi connectivity index (χ4v) is 1.94. The van der Waals surface area contributed by atoms with E-state index in [1.807, 2.05) is 13.8 Å². The Hall–Kier alpha value is -0.650. The molecule has 1 unspecified atom stereocenters. The number of primary amides is 1. The highest BCUT2D eigenvalue weighted by Gasteiger charge is 2.28. The lowest BCUT2D eigenvalue weighted by molar-refractivity contribution is -0.124. The van der Waals surface area contributed by atoms with E-state index in [1.54, 1.807) is 0 Å².